The number of amides is 1. The number of carbonyl (C=O) groups excluding carboxylic acids is 1. The topological polar surface area (TPSA) is 91.7 Å². The van der Waals surface area contributed by atoms with E-state index in [0.29, 0.717) is 30.1 Å². The SMILES string of the molecule is NC(=O)c1ccc2[nH]c(CN3CCCCN4CCCCC4CCc4cccc(c4)OCC3)cc(=O)c2c1. The molecule has 1 saturated heterocycles. The first-order valence-electron chi connectivity index (χ1n) is 13.7. The van der Waals surface area contributed by atoms with Crippen LogP contribution in [0.3, 0.4) is 0 Å². The zero-order valence-corrected chi connectivity index (χ0v) is 21.6. The van der Waals surface area contributed by atoms with Gasteiger partial charge in [0, 0.05) is 47.4 Å². The van der Waals surface area contributed by atoms with Gasteiger partial charge in [0.2, 0.25) is 5.91 Å². The summed E-state index contributed by atoms with van der Waals surface area (Å²) in [6.45, 7) is 5.33. The molecule has 1 unspecified atom stereocenters. The molecule has 0 radical (unpaired) electrons. The van der Waals surface area contributed by atoms with Gasteiger partial charge in [-0.3, -0.25) is 14.5 Å². The van der Waals surface area contributed by atoms with Gasteiger partial charge < -0.3 is 20.4 Å². The molecule has 196 valence electrons. The van der Waals surface area contributed by atoms with Crippen LogP contribution in [0, 0.1) is 0 Å². The summed E-state index contributed by atoms with van der Waals surface area (Å²) in [5.74, 6) is 0.394. The Kier molecular flexibility index (Phi) is 8.21. The average molecular weight is 503 g/mol. The smallest absolute Gasteiger partial charge is 0.248 e. The zero-order chi connectivity index (χ0) is 25.6. The number of carbonyl (C=O) groups is 1. The van der Waals surface area contributed by atoms with Crippen molar-refractivity contribution < 1.29 is 9.53 Å². The van der Waals surface area contributed by atoms with E-state index >= 15 is 0 Å². The quantitative estimate of drug-likeness (QED) is 0.563. The van der Waals surface area contributed by atoms with Crippen LogP contribution in [0.5, 0.6) is 5.75 Å². The molecule has 1 fully saturated rings. The van der Waals surface area contributed by atoms with Gasteiger partial charge >= 0.3 is 0 Å². The standard InChI is InChI=1S/C30H38N4O3/c31-30(36)23-10-12-28-27(19-23)29(35)20-24(32-28)21-33-13-3-4-15-34-14-2-1-7-25(34)11-9-22-6-5-8-26(18-22)37-17-16-33/h5-6,8,10,12,18-20,25H,1-4,7,9,11,13-17,21H2,(H2,31,36)(H,32,35). The second-order valence-electron chi connectivity index (χ2n) is 10.5. The van der Waals surface area contributed by atoms with E-state index in [1.54, 1.807) is 24.3 Å². The number of aryl methyl sites for hydroxylation is 1. The van der Waals surface area contributed by atoms with Crippen molar-refractivity contribution in [2.45, 2.75) is 57.5 Å². The van der Waals surface area contributed by atoms with Crippen LogP contribution in [0.25, 0.3) is 10.9 Å². The van der Waals surface area contributed by atoms with E-state index in [2.05, 4.69) is 33.0 Å². The number of H-pyrrole nitrogens is 1. The van der Waals surface area contributed by atoms with Crippen LogP contribution in [-0.4, -0.2) is 59.5 Å². The van der Waals surface area contributed by atoms with Crippen molar-refractivity contribution in [1.82, 2.24) is 14.8 Å². The Morgan fingerprint density at radius 2 is 1.81 bits per heavy atom. The van der Waals surface area contributed by atoms with E-state index < -0.39 is 5.91 Å². The maximum absolute atomic E-state index is 12.8. The molecule has 3 heterocycles. The number of nitrogens with one attached hydrogen (secondary N) is 1. The Labute approximate surface area is 218 Å². The van der Waals surface area contributed by atoms with Gasteiger partial charge in [0.25, 0.3) is 0 Å². The first-order chi connectivity index (χ1) is 18.0. The maximum atomic E-state index is 12.8. The Bertz CT molecular complexity index is 1290. The fraction of sp³-hybridized carbons (Fsp3) is 0.467. The lowest BCUT2D eigenvalue weighted by atomic mass is 9.95. The predicted octanol–water partition coefficient (Wildman–Crippen LogP) is 4.09. The number of benzene rings is 2. The largest absolute Gasteiger partial charge is 0.492 e. The molecule has 7 heteroatoms. The highest BCUT2D eigenvalue weighted by atomic mass is 16.5. The monoisotopic (exact) mass is 502 g/mol. The fourth-order valence-corrected chi connectivity index (χ4v) is 5.80. The molecule has 0 spiro atoms. The Hall–Kier alpha value is -3.16. The van der Waals surface area contributed by atoms with E-state index in [0.717, 1.165) is 49.4 Å². The molecule has 2 aliphatic heterocycles. The van der Waals surface area contributed by atoms with Crippen LogP contribution in [0.2, 0.25) is 0 Å². The van der Waals surface area contributed by atoms with Crippen LogP contribution >= 0.6 is 0 Å². The van der Waals surface area contributed by atoms with Crippen molar-refractivity contribution in [2.75, 3.05) is 32.8 Å². The third-order valence-corrected chi connectivity index (χ3v) is 7.82. The summed E-state index contributed by atoms with van der Waals surface area (Å²) in [5, 5.41) is 0.483. The molecule has 0 aliphatic carbocycles. The summed E-state index contributed by atoms with van der Waals surface area (Å²) in [7, 11) is 0. The van der Waals surface area contributed by atoms with Crippen molar-refractivity contribution in [3.05, 3.63) is 75.6 Å². The summed E-state index contributed by atoms with van der Waals surface area (Å²) in [4.78, 5) is 32.8. The van der Waals surface area contributed by atoms with E-state index in [1.807, 2.05) is 6.07 Å². The summed E-state index contributed by atoms with van der Waals surface area (Å²) in [6, 6.07) is 15.9. The molecule has 1 aromatic heterocycles. The normalized spacial score (nSPS) is 20.4. The Balaban J connectivity index is 1.32. The van der Waals surface area contributed by atoms with E-state index in [9.17, 15) is 9.59 Å². The number of ether oxygens (including phenoxy) is 1. The lowest BCUT2D eigenvalue weighted by Gasteiger charge is -2.36. The zero-order valence-electron chi connectivity index (χ0n) is 21.6. The van der Waals surface area contributed by atoms with Crippen molar-refractivity contribution in [3.8, 4) is 5.75 Å². The molecule has 2 bridgehead atoms. The highest BCUT2D eigenvalue weighted by molar-refractivity contribution is 5.96. The number of fused-ring (bicyclic) bond motifs is 4. The second kappa shape index (κ2) is 11.9. The van der Waals surface area contributed by atoms with E-state index in [4.69, 9.17) is 10.5 Å². The number of rotatable bonds is 3. The number of aromatic amines is 1. The van der Waals surface area contributed by atoms with Crippen LogP contribution in [0.1, 0.15) is 60.1 Å². The summed E-state index contributed by atoms with van der Waals surface area (Å²) in [6.07, 6.45) is 8.54. The maximum Gasteiger partial charge on any atom is 0.248 e. The Morgan fingerprint density at radius 1 is 0.973 bits per heavy atom. The molecule has 3 N–H and O–H groups in total. The first kappa shape index (κ1) is 25.5. The number of pyridine rings is 1. The van der Waals surface area contributed by atoms with Crippen molar-refractivity contribution in [1.29, 1.82) is 0 Å². The van der Waals surface area contributed by atoms with Crippen LogP contribution in [-0.2, 0) is 13.0 Å². The molecule has 1 amide bonds. The van der Waals surface area contributed by atoms with E-state index in [1.165, 1.54) is 44.2 Å². The van der Waals surface area contributed by atoms with Gasteiger partial charge in [-0.1, -0.05) is 18.6 Å². The van der Waals surface area contributed by atoms with Crippen molar-refractivity contribution >= 4 is 16.8 Å². The minimum Gasteiger partial charge on any atom is -0.492 e. The number of nitrogens with zero attached hydrogens (tertiary/aromatic N) is 2. The van der Waals surface area contributed by atoms with Crippen LogP contribution in [0.15, 0.2) is 53.3 Å². The van der Waals surface area contributed by atoms with Gasteiger partial charge in [0.05, 0.1) is 0 Å². The number of aromatic nitrogens is 1. The number of hydrogen-bond donors (Lipinski definition) is 2. The molecular weight excluding hydrogens is 464 g/mol. The fourth-order valence-electron chi connectivity index (χ4n) is 5.80. The lowest BCUT2D eigenvalue weighted by molar-refractivity contribution is 0.100. The average Bonchev–Trinajstić information content (AvgIpc) is 2.90. The van der Waals surface area contributed by atoms with Gasteiger partial charge in [-0.05, 0) is 94.1 Å². The summed E-state index contributed by atoms with van der Waals surface area (Å²) < 4.78 is 6.16. The van der Waals surface area contributed by atoms with E-state index in [-0.39, 0.29) is 5.43 Å². The summed E-state index contributed by atoms with van der Waals surface area (Å²) in [5.41, 5.74) is 8.56. The molecule has 5 rings (SSSR count). The molecule has 3 aromatic rings. The number of hydrogen-bond acceptors (Lipinski definition) is 5. The first-order valence-corrected chi connectivity index (χ1v) is 13.7. The number of nitrogens with two attached hydrogens (primary N) is 1. The second-order valence-corrected chi connectivity index (χ2v) is 10.5. The molecule has 2 aliphatic rings. The lowest BCUT2D eigenvalue weighted by Crippen LogP contribution is -2.40. The molecule has 1 atom stereocenters. The highest BCUT2D eigenvalue weighted by Gasteiger charge is 2.22. The third kappa shape index (κ3) is 6.59. The third-order valence-electron chi connectivity index (χ3n) is 7.82. The van der Waals surface area contributed by atoms with Gasteiger partial charge in [0.15, 0.2) is 5.43 Å². The van der Waals surface area contributed by atoms with Gasteiger partial charge in [-0.2, -0.15) is 0 Å². The number of primary amides is 1. The van der Waals surface area contributed by atoms with Gasteiger partial charge in [0.1, 0.15) is 12.4 Å². The molecule has 37 heavy (non-hydrogen) atoms. The highest BCUT2D eigenvalue weighted by Crippen LogP contribution is 2.23. The predicted molar refractivity (Wildman–Crippen MR) is 147 cm³/mol. The molecule has 7 nitrogen and oxygen atoms in total. The van der Waals surface area contributed by atoms with Gasteiger partial charge in [-0.25, -0.2) is 0 Å². The van der Waals surface area contributed by atoms with Crippen molar-refractivity contribution in [3.63, 3.8) is 0 Å². The number of piperidine rings is 1. The van der Waals surface area contributed by atoms with Crippen LogP contribution in [0.4, 0.5) is 0 Å². The van der Waals surface area contributed by atoms with Gasteiger partial charge in [-0.15, -0.1) is 0 Å². The molecular formula is C30H38N4O3. The minimum absolute atomic E-state index is 0.102. The Morgan fingerprint density at radius 3 is 2.68 bits per heavy atom. The minimum atomic E-state index is -0.534. The summed E-state index contributed by atoms with van der Waals surface area (Å²) >= 11 is 0. The molecule has 0 saturated carbocycles. The van der Waals surface area contributed by atoms with Crippen LogP contribution < -0.4 is 15.9 Å². The van der Waals surface area contributed by atoms with Crippen molar-refractivity contribution in [2.24, 2.45) is 5.73 Å². The molecule has 2 aromatic carbocycles.